The van der Waals surface area contributed by atoms with Gasteiger partial charge in [0.25, 0.3) is 0 Å². The number of nitrogens with zero attached hydrogens (tertiary/aromatic N) is 2. The topological polar surface area (TPSA) is 180 Å². The first-order valence-corrected chi connectivity index (χ1v) is 12.8. The van der Waals surface area contributed by atoms with E-state index in [1.165, 1.54) is 0 Å². The normalized spacial score (nSPS) is 25.6. The standard InChI is InChI=1S/C28H36N2O10/c1-18(33)37-27-25(35)23(17-32)40-28(26(27)36)39-21(14-29-12-19-8-4-2-5-9-19)22(16-31)38-24(34)15-30-13-20-10-6-3-7-11-20/h2-13,21-28,31-32,34-36H,14-17H2,1H3/t21-,22-,23+,24-,25-,26+,27-,28+/m0/s1. The van der Waals surface area contributed by atoms with Gasteiger partial charge in [0.15, 0.2) is 18.7 Å². The van der Waals surface area contributed by atoms with Crippen LogP contribution in [0.3, 0.4) is 0 Å². The van der Waals surface area contributed by atoms with Crippen molar-refractivity contribution in [3.63, 3.8) is 0 Å². The summed E-state index contributed by atoms with van der Waals surface area (Å²) in [5, 5.41) is 51.4. The Hall–Kier alpha value is -3.07. The van der Waals surface area contributed by atoms with Gasteiger partial charge < -0.3 is 44.5 Å². The van der Waals surface area contributed by atoms with Crippen LogP contribution in [-0.4, -0.2) is 119 Å². The van der Waals surface area contributed by atoms with E-state index in [4.69, 9.17) is 18.9 Å². The van der Waals surface area contributed by atoms with Gasteiger partial charge in [-0.15, -0.1) is 0 Å². The summed E-state index contributed by atoms with van der Waals surface area (Å²) in [4.78, 5) is 20.1. The van der Waals surface area contributed by atoms with E-state index in [0.29, 0.717) is 0 Å². The zero-order valence-corrected chi connectivity index (χ0v) is 22.0. The minimum absolute atomic E-state index is 0.0999. The molecular weight excluding hydrogens is 524 g/mol. The van der Waals surface area contributed by atoms with E-state index in [0.717, 1.165) is 18.1 Å². The largest absolute Gasteiger partial charge is 0.457 e. The highest BCUT2D eigenvalue weighted by molar-refractivity contribution is 5.79. The van der Waals surface area contributed by atoms with Crippen molar-refractivity contribution in [3.05, 3.63) is 71.8 Å². The van der Waals surface area contributed by atoms with E-state index in [1.54, 1.807) is 12.4 Å². The minimum Gasteiger partial charge on any atom is -0.457 e. The molecule has 1 aliphatic rings. The van der Waals surface area contributed by atoms with Crippen molar-refractivity contribution in [2.24, 2.45) is 9.98 Å². The number of carbonyl (C=O) groups excluding carboxylic acids is 1. The van der Waals surface area contributed by atoms with Gasteiger partial charge in [0.1, 0.15) is 30.5 Å². The highest BCUT2D eigenvalue weighted by Crippen LogP contribution is 2.26. The molecule has 12 heteroatoms. The van der Waals surface area contributed by atoms with Crippen LogP contribution in [0, 0.1) is 0 Å². The lowest BCUT2D eigenvalue weighted by Gasteiger charge is -2.42. The van der Waals surface area contributed by atoms with Gasteiger partial charge in [0, 0.05) is 19.4 Å². The van der Waals surface area contributed by atoms with Crippen molar-refractivity contribution in [1.82, 2.24) is 0 Å². The van der Waals surface area contributed by atoms with Gasteiger partial charge in [0.05, 0.1) is 26.3 Å². The molecule has 0 aliphatic carbocycles. The van der Waals surface area contributed by atoms with Crippen LogP contribution in [0.5, 0.6) is 0 Å². The molecular formula is C28H36N2O10. The highest BCUT2D eigenvalue weighted by atomic mass is 16.7. The summed E-state index contributed by atoms with van der Waals surface area (Å²) >= 11 is 0. The van der Waals surface area contributed by atoms with Gasteiger partial charge >= 0.3 is 5.97 Å². The minimum atomic E-state index is -1.65. The van der Waals surface area contributed by atoms with Gasteiger partial charge in [-0.3, -0.25) is 14.8 Å². The Bertz CT molecular complexity index is 1070. The number of hydrogen-bond donors (Lipinski definition) is 5. The fourth-order valence-electron chi connectivity index (χ4n) is 4.00. The summed E-state index contributed by atoms with van der Waals surface area (Å²) in [5.74, 6) is -0.764. The van der Waals surface area contributed by atoms with Crippen molar-refractivity contribution >= 4 is 18.4 Å². The third-order valence-corrected chi connectivity index (χ3v) is 5.99. The van der Waals surface area contributed by atoms with E-state index in [2.05, 4.69) is 9.98 Å². The molecule has 1 aliphatic heterocycles. The molecule has 0 unspecified atom stereocenters. The Morgan fingerprint density at radius 1 is 0.925 bits per heavy atom. The molecule has 8 atom stereocenters. The van der Waals surface area contributed by atoms with Crippen LogP contribution in [0.4, 0.5) is 0 Å². The first-order valence-electron chi connectivity index (χ1n) is 12.8. The smallest absolute Gasteiger partial charge is 0.303 e. The maximum absolute atomic E-state index is 11.6. The Balaban J connectivity index is 1.75. The van der Waals surface area contributed by atoms with Gasteiger partial charge in [-0.1, -0.05) is 60.7 Å². The van der Waals surface area contributed by atoms with Crippen molar-refractivity contribution in [1.29, 1.82) is 0 Å². The maximum Gasteiger partial charge on any atom is 0.303 e. The number of rotatable bonds is 14. The number of aliphatic hydroxyl groups is 5. The van der Waals surface area contributed by atoms with Crippen LogP contribution in [0.25, 0.3) is 0 Å². The van der Waals surface area contributed by atoms with E-state index < -0.39 is 68.4 Å². The molecule has 0 radical (unpaired) electrons. The van der Waals surface area contributed by atoms with Crippen molar-refractivity contribution in [2.75, 3.05) is 26.3 Å². The molecule has 218 valence electrons. The van der Waals surface area contributed by atoms with E-state index in [9.17, 15) is 30.3 Å². The van der Waals surface area contributed by atoms with Gasteiger partial charge in [-0.2, -0.15) is 0 Å². The number of benzene rings is 2. The van der Waals surface area contributed by atoms with E-state index in [-0.39, 0.29) is 13.1 Å². The fourth-order valence-corrected chi connectivity index (χ4v) is 4.00. The number of carbonyl (C=O) groups is 1. The molecule has 0 aromatic heterocycles. The molecule has 1 heterocycles. The van der Waals surface area contributed by atoms with Crippen LogP contribution in [0.1, 0.15) is 18.1 Å². The molecule has 12 nitrogen and oxygen atoms in total. The van der Waals surface area contributed by atoms with Crippen molar-refractivity contribution in [2.45, 2.75) is 56.1 Å². The lowest BCUT2D eigenvalue weighted by molar-refractivity contribution is -0.322. The second-order valence-corrected chi connectivity index (χ2v) is 9.08. The molecule has 2 aromatic rings. The van der Waals surface area contributed by atoms with Gasteiger partial charge in [-0.05, 0) is 11.1 Å². The fraction of sp³-hybridized carbons (Fsp3) is 0.464. The summed E-state index contributed by atoms with van der Waals surface area (Å²) in [7, 11) is 0. The third-order valence-electron chi connectivity index (χ3n) is 5.99. The molecule has 0 amide bonds. The molecule has 1 fully saturated rings. The SMILES string of the molecule is CC(=O)O[C@H]1[C@@H](O)[C@@H](CO)O[C@@H](O[C@@H](CN=Cc2ccccc2)[C@H](CO)O[C@H](O)CN=Cc2ccccc2)[C@@H]1O. The number of ether oxygens (including phenoxy) is 4. The predicted octanol–water partition coefficient (Wildman–Crippen LogP) is -0.324. The molecule has 0 saturated carbocycles. The Morgan fingerprint density at radius 2 is 1.50 bits per heavy atom. The average molecular weight is 561 g/mol. The number of esters is 1. The van der Waals surface area contributed by atoms with Gasteiger partial charge in [-0.25, -0.2) is 0 Å². The molecule has 2 aromatic carbocycles. The maximum atomic E-state index is 11.6. The van der Waals surface area contributed by atoms with Gasteiger partial charge in [0.2, 0.25) is 0 Å². The summed E-state index contributed by atoms with van der Waals surface area (Å²) in [6.07, 6.45) is -7.89. The zero-order chi connectivity index (χ0) is 28.9. The first kappa shape index (κ1) is 31.5. The van der Waals surface area contributed by atoms with Crippen LogP contribution >= 0.6 is 0 Å². The first-order chi connectivity index (χ1) is 19.3. The number of aliphatic hydroxyl groups excluding tert-OH is 5. The van der Waals surface area contributed by atoms with Crippen LogP contribution in [-0.2, 0) is 23.7 Å². The molecule has 3 rings (SSSR count). The molecule has 5 N–H and O–H groups in total. The summed E-state index contributed by atoms with van der Waals surface area (Å²) in [6.45, 7) is -0.386. The van der Waals surface area contributed by atoms with Crippen molar-refractivity contribution in [3.8, 4) is 0 Å². The second kappa shape index (κ2) is 16.3. The number of hydrogen-bond acceptors (Lipinski definition) is 12. The second-order valence-electron chi connectivity index (χ2n) is 9.08. The molecule has 0 spiro atoms. The Labute approximate surface area is 232 Å². The van der Waals surface area contributed by atoms with E-state index in [1.807, 2.05) is 60.7 Å². The monoisotopic (exact) mass is 560 g/mol. The lowest BCUT2D eigenvalue weighted by atomic mass is 9.99. The third kappa shape index (κ3) is 9.54. The van der Waals surface area contributed by atoms with Crippen molar-refractivity contribution < 1.29 is 49.3 Å². The summed E-state index contributed by atoms with van der Waals surface area (Å²) in [6, 6.07) is 18.4. The Morgan fingerprint density at radius 3 is 2.02 bits per heavy atom. The molecule has 0 bridgehead atoms. The Kier molecular flexibility index (Phi) is 12.8. The number of aliphatic imine (C=N–C) groups is 2. The summed E-state index contributed by atoms with van der Waals surface area (Å²) in [5.41, 5.74) is 1.63. The zero-order valence-electron chi connectivity index (χ0n) is 22.0. The van der Waals surface area contributed by atoms with Crippen LogP contribution < -0.4 is 0 Å². The summed E-state index contributed by atoms with van der Waals surface area (Å²) < 4.78 is 22.1. The highest BCUT2D eigenvalue weighted by Gasteiger charge is 2.48. The average Bonchev–Trinajstić information content (AvgIpc) is 2.95. The lowest BCUT2D eigenvalue weighted by Crippen LogP contribution is -2.61. The molecule has 1 saturated heterocycles. The van der Waals surface area contributed by atoms with E-state index >= 15 is 0 Å². The molecule has 40 heavy (non-hydrogen) atoms. The van der Waals surface area contributed by atoms with Crippen LogP contribution in [0.2, 0.25) is 0 Å². The predicted molar refractivity (Wildman–Crippen MR) is 144 cm³/mol. The van der Waals surface area contributed by atoms with Crippen LogP contribution in [0.15, 0.2) is 70.6 Å². The quantitative estimate of drug-likeness (QED) is 0.117.